The third kappa shape index (κ3) is 4.32. The van der Waals surface area contributed by atoms with Crippen molar-refractivity contribution in [2.45, 2.75) is 22.4 Å². The van der Waals surface area contributed by atoms with Gasteiger partial charge in [-0.3, -0.25) is 0 Å². The van der Waals surface area contributed by atoms with Crippen molar-refractivity contribution in [3.8, 4) is 17.3 Å². The fourth-order valence-corrected chi connectivity index (χ4v) is 4.68. The molecule has 4 aromatic rings. The number of rotatable bonds is 5. The Labute approximate surface area is 189 Å². The van der Waals surface area contributed by atoms with Gasteiger partial charge in [-0.25, -0.2) is 28.1 Å². The molecule has 4 aromatic heterocycles. The minimum absolute atomic E-state index is 0.0414. The normalized spacial score (nSPS) is 12.6. The fourth-order valence-electron chi connectivity index (χ4n) is 3.02. The van der Waals surface area contributed by atoms with Crippen LogP contribution in [0, 0.1) is 0 Å². The number of alkyl halides is 3. The maximum absolute atomic E-state index is 12.7. The van der Waals surface area contributed by atoms with Crippen LogP contribution in [0.15, 0.2) is 46.6 Å². The number of fused-ring (bicyclic) bond motifs is 1. The lowest BCUT2D eigenvalue weighted by Crippen LogP contribution is -2.10. The summed E-state index contributed by atoms with van der Waals surface area (Å²) in [5, 5.41) is 4.01. The number of nitrogens with zero attached hydrogens (tertiary/aromatic N) is 6. The van der Waals surface area contributed by atoms with Crippen LogP contribution in [0.1, 0.15) is 6.92 Å². The first-order valence-corrected chi connectivity index (χ1v) is 11.9. The zero-order valence-electron chi connectivity index (χ0n) is 16.5. The van der Waals surface area contributed by atoms with E-state index in [0.29, 0.717) is 11.3 Å². The zero-order chi connectivity index (χ0) is 23.3. The van der Waals surface area contributed by atoms with Crippen molar-refractivity contribution < 1.29 is 21.6 Å². The Morgan fingerprint density at radius 2 is 1.94 bits per heavy atom. The number of thioether (sulfide) groups is 1. The Balaban J connectivity index is 1.93. The number of pyridine rings is 2. The predicted molar refractivity (Wildman–Crippen MR) is 114 cm³/mol. The van der Waals surface area contributed by atoms with Crippen molar-refractivity contribution in [1.29, 1.82) is 0 Å². The second-order valence-electron chi connectivity index (χ2n) is 6.56. The number of imidazole rings is 1. The Hall–Kier alpha value is -2.64. The molecule has 0 N–H and O–H groups in total. The van der Waals surface area contributed by atoms with Crippen LogP contribution in [0.4, 0.5) is 13.2 Å². The van der Waals surface area contributed by atoms with Crippen molar-refractivity contribution in [3.05, 3.63) is 41.8 Å². The summed E-state index contributed by atoms with van der Waals surface area (Å²) in [5.41, 5.74) is -3.82. The molecule has 168 valence electrons. The standard InChI is InChI=1S/C18H14ClF3N6O2S2/c1-3-32(29,30)12-4-5-14(28-7-6-13(19)26-28)25-16(12)17-24-10-8-15(31-18(20,21)22)23-9-11(10)27(17)2/h4-9H,3H2,1-2H3. The van der Waals surface area contributed by atoms with E-state index in [1.807, 2.05) is 0 Å². The van der Waals surface area contributed by atoms with Gasteiger partial charge in [0, 0.05) is 25.0 Å². The quantitative estimate of drug-likeness (QED) is 0.376. The minimum atomic E-state index is -4.50. The molecule has 0 fully saturated rings. The SMILES string of the molecule is CCS(=O)(=O)c1ccc(-n2ccc(Cl)n2)nc1-c1nc2cc(SC(F)(F)F)ncc2n1C. The number of hydrogen-bond acceptors (Lipinski definition) is 7. The maximum atomic E-state index is 12.7. The average molecular weight is 503 g/mol. The van der Waals surface area contributed by atoms with Gasteiger partial charge in [0.15, 0.2) is 26.6 Å². The third-order valence-electron chi connectivity index (χ3n) is 4.52. The summed E-state index contributed by atoms with van der Waals surface area (Å²) < 4.78 is 66.5. The zero-order valence-corrected chi connectivity index (χ0v) is 18.9. The van der Waals surface area contributed by atoms with E-state index in [1.165, 1.54) is 40.6 Å². The molecule has 0 saturated carbocycles. The van der Waals surface area contributed by atoms with Crippen molar-refractivity contribution in [2.24, 2.45) is 7.05 Å². The largest absolute Gasteiger partial charge is 0.447 e. The van der Waals surface area contributed by atoms with E-state index < -0.39 is 15.3 Å². The first kappa shape index (κ1) is 22.6. The van der Waals surface area contributed by atoms with Gasteiger partial charge < -0.3 is 4.57 Å². The minimum Gasteiger partial charge on any atom is -0.324 e. The second kappa shape index (κ2) is 8.05. The molecular formula is C18H14ClF3N6O2S2. The first-order chi connectivity index (χ1) is 15.0. The van der Waals surface area contributed by atoms with Crippen LogP contribution >= 0.6 is 23.4 Å². The molecule has 0 bridgehead atoms. The summed E-state index contributed by atoms with van der Waals surface area (Å²) in [6.45, 7) is 1.50. The number of aryl methyl sites for hydroxylation is 1. The first-order valence-electron chi connectivity index (χ1n) is 9.02. The van der Waals surface area contributed by atoms with Crippen LogP contribution < -0.4 is 0 Å². The van der Waals surface area contributed by atoms with Crippen LogP contribution in [0.25, 0.3) is 28.4 Å². The molecule has 32 heavy (non-hydrogen) atoms. The van der Waals surface area contributed by atoms with Crippen molar-refractivity contribution in [1.82, 2.24) is 29.3 Å². The molecule has 4 rings (SSSR count). The van der Waals surface area contributed by atoms with Crippen molar-refractivity contribution in [2.75, 3.05) is 5.75 Å². The molecule has 0 aliphatic carbocycles. The van der Waals surface area contributed by atoms with Gasteiger partial charge in [-0.2, -0.15) is 18.3 Å². The Morgan fingerprint density at radius 3 is 2.56 bits per heavy atom. The highest BCUT2D eigenvalue weighted by Crippen LogP contribution is 2.37. The number of aromatic nitrogens is 6. The molecule has 0 saturated heterocycles. The molecule has 0 aliphatic rings. The van der Waals surface area contributed by atoms with E-state index >= 15 is 0 Å². The topological polar surface area (TPSA) is 95.6 Å². The molecule has 14 heteroatoms. The molecule has 0 aliphatic heterocycles. The summed E-state index contributed by atoms with van der Waals surface area (Å²) in [6, 6.07) is 5.62. The summed E-state index contributed by atoms with van der Waals surface area (Å²) >= 11 is 5.52. The highest BCUT2D eigenvalue weighted by Gasteiger charge is 2.30. The van der Waals surface area contributed by atoms with Gasteiger partial charge in [0.25, 0.3) is 0 Å². The van der Waals surface area contributed by atoms with Gasteiger partial charge in [-0.1, -0.05) is 18.5 Å². The number of halogens is 4. The van der Waals surface area contributed by atoms with Gasteiger partial charge >= 0.3 is 5.51 Å². The molecule has 0 aromatic carbocycles. The van der Waals surface area contributed by atoms with E-state index in [1.54, 1.807) is 19.3 Å². The molecule has 0 amide bonds. The van der Waals surface area contributed by atoms with Crippen LogP contribution in [0.2, 0.25) is 5.15 Å². The van der Waals surface area contributed by atoms with Gasteiger partial charge in [-0.15, -0.1) is 0 Å². The van der Waals surface area contributed by atoms with E-state index in [0.717, 1.165) is 0 Å². The van der Waals surface area contributed by atoms with E-state index in [-0.39, 0.29) is 49.6 Å². The van der Waals surface area contributed by atoms with Gasteiger partial charge in [-0.05, 0) is 24.3 Å². The van der Waals surface area contributed by atoms with E-state index in [4.69, 9.17) is 11.6 Å². The molecular weight excluding hydrogens is 489 g/mol. The monoisotopic (exact) mass is 502 g/mol. The van der Waals surface area contributed by atoms with E-state index in [9.17, 15) is 21.6 Å². The predicted octanol–water partition coefficient (Wildman–Crippen LogP) is 4.27. The summed E-state index contributed by atoms with van der Waals surface area (Å²) in [7, 11) is -2.10. The Morgan fingerprint density at radius 1 is 1.19 bits per heavy atom. The molecule has 0 unspecified atom stereocenters. The molecule has 0 radical (unpaired) electrons. The Bertz CT molecular complexity index is 1430. The third-order valence-corrected chi connectivity index (χ3v) is 7.15. The molecule has 8 nitrogen and oxygen atoms in total. The van der Waals surface area contributed by atoms with E-state index in [2.05, 4.69) is 20.1 Å². The highest BCUT2D eigenvalue weighted by molar-refractivity contribution is 8.00. The second-order valence-corrected chi connectivity index (χ2v) is 10.3. The molecule has 4 heterocycles. The summed E-state index contributed by atoms with van der Waals surface area (Å²) in [4.78, 5) is 12.6. The van der Waals surface area contributed by atoms with Crippen LogP contribution in [0.3, 0.4) is 0 Å². The van der Waals surface area contributed by atoms with Crippen molar-refractivity contribution >= 4 is 44.2 Å². The highest BCUT2D eigenvalue weighted by atomic mass is 35.5. The lowest BCUT2D eigenvalue weighted by atomic mass is 10.3. The maximum Gasteiger partial charge on any atom is 0.447 e. The number of hydrogen-bond donors (Lipinski definition) is 0. The lowest BCUT2D eigenvalue weighted by molar-refractivity contribution is -0.0329. The van der Waals surface area contributed by atoms with Crippen LogP contribution in [-0.2, 0) is 16.9 Å². The average Bonchev–Trinajstić information content (AvgIpc) is 3.29. The van der Waals surface area contributed by atoms with Gasteiger partial charge in [0.05, 0.1) is 27.9 Å². The fraction of sp³-hybridized carbons (Fsp3) is 0.222. The summed E-state index contributed by atoms with van der Waals surface area (Å²) in [6.07, 6.45) is 2.81. The molecule has 0 atom stereocenters. The number of sulfone groups is 1. The smallest absolute Gasteiger partial charge is 0.324 e. The van der Waals surface area contributed by atoms with Gasteiger partial charge in [0.1, 0.15) is 10.7 Å². The lowest BCUT2D eigenvalue weighted by Gasteiger charge is -2.11. The van der Waals surface area contributed by atoms with Gasteiger partial charge in [0.2, 0.25) is 0 Å². The summed E-state index contributed by atoms with van der Waals surface area (Å²) in [5.74, 6) is 0.274. The van der Waals surface area contributed by atoms with Crippen LogP contribution in [0.5, 0.6) is 0 Å². The molecule has 0 spiro atoms. The Kier molecular flexibility index (Phi) is 5.67. The van der Waals surface area contributed by atoms with Crippen LogP contribution in [-0.4, -0.2) is 49.0 Å². The van der Waals surface area contributed by atoms with Crippen molar-refractivity contribution in [3.63, 3.8) is 0 Å².